The molecular formula is C14H20N2O. The highest BCUT2D eigenvalue weighted by atomic mass is 16.2. The van der Waals surface area contributed by atoms with Gasteiger partial charge in [0.1, 0.15) is 0 Å². The average molecular weight is 232 g/mol. The normalized spacial score (nSPS) is 17.4. The Bertz CT molecular complexity index is 399. The van der Waals surface area contributed by atoms with Crippen LogP contribution in [0.4, 0.5) is 5.69 Å². The number of benzene rings is 1. The molecule has 1 aliphatic rings. The molecule has 0 saturated carbocycles. The fourth-order valence-corrected chi connectivity index (χ4v) is 2.46. The summed E-state index contributed by atoms with van der Waals surface area (Å²) in [5, 5.41) is 3.36. The van der Waals surface area contributed by atoms with Crippen LogP contribution < -0.4 is 5.32 Å². The number of hydrogen-bond acceptors (Lipinski definition) is 2. The van der Waals surface area contributed by atoms with E-state index in [-0.39, 0.29) is 5.91 Å². The van der Waals surface area contributed by atoms with Gasteiger partial charge < -0.3 is 10.2 Å². The number of anilines is 1. The number of nitrogens with one attached hydrogen (secondary N) is 1. The van der Waals surface area contributed by atoms with Crippen molar-refractivity contribution in [3.05, 3.63) is 29.8 Å². The minimum absolute atomic E-state index is 0.263. The summed E-state index contributed by atoms with van der Waals surface area (Å²) in [6.45, 7) is 6.55. The highest BCUT2D eigenvalue weighted by molar-refractivity contribution is 5.78. The third-order valence-corrected chi connectivity index (χ3v) is 3.48. The number of fused-ring (bicyclic) bond motifs is 1. The Balaban J connectivity index is 2.04. The fraction of sp³-hybridized carbons (Fsp3) is 0.500. The van der Waals surface area contributed by atoms with E-state index in [1.165, 1.54) is 11.3 Å². The second kappa shape index (κ2) is 5.21. The van der Waals surface area contributed by atoms with E-state index in [4.69, 9.17) is 0 Å². The van der Waals surface area contributed by atoms with E-state index < -0.39 is 0 Å². The van der Waals surface area contributed by atoms with Crippen LogP contribution in [0.25, 0.3) is 0 Å². The van der Waals surface area contributed by atoms with Crippen LogP contribution in [0.15, 0.2) is 24.3 Å². The Labute approximate surface area is 103 Å². The minimum atomic E-state index is 0.263. The Kier molecular flexibility index (Phi) is 3.67. The van der Waals surface area contributed by atoms with E-state index in [9.17, 15) is 4.79 Å². The zero-order valence-corrected chi connectivity index (χ0v) is 10.6. The first kappa shape index (κ1) is 12.0. The second-order valence-corrected chi connectivity index (χ2v) is 4.44. The quantitative estimate of drug-likeness (QED) is 0.865. The molecule has 0 spiro atoms. The van der Waals surface area contributed by atoms with E-state index in [0.29, 0.717) is 12.3 Å². The molecule has 0 aliphatic carbocycles. The minimum Gasteiger partial charge on any atom is -0.384 e. The smallest absolute Gasteiger partial charge is 0.223 e. The summed E-state index contributed by atoms with van der Waals surface area (Å²) in [7, 11) is 0. The average Bonchev–Trinajstić information content (AvgIpc) is 2.74. The van der Waals surface area contributed by atoms with Crippen LogP contribution in [0.3, 0.4) is 0 Å². The predicted molar refractivity (Wildman–Crippen MR) is 70.2 cm³/mol. The zero-order chi connectivity index (χ0) is 12.3. The van der Waals surface area contributed by atoms with E-state index >= 15 is 0 Å². The first-order chi connectivity index (χ1) is 8.26. The number of amides is 1. The maximum absolute atomic E-state index is 12.1. The highest BCUT2D eigenvalue weighted by Gasteiger charge is 2.25. The van der Waals surface area contributed by atoms with E-state index in [0.717, 1.165) is 19.6 Å². The monoisotopic (exact) mass is 232 g/mol. The van der Waals surface area contributed by atoms with Crippen LogP contribution in [-0.4, -0.2) is 30.4 Å². The summed E-state index contributed by atoms with van der Waals surface area (Å²) >= 11 is 0. The molecule has 0 aromatic heterocycles. The van der Waals surface area contributed by atoms with Crippen molar-refractivity contribution in [3.63, 3.8) is 0 Å². The summed E-state index contributed by atoms with van der Waals surface area (Å²) in [5.41, 5.74) is 2.47. The van der Waals surface area contributed by atoms with Crippen LogP contribution in [0.5, 0.6) is 0 Å². The molecule has 1 aromatic rings. The lowest BCUT2D eigenvalue weighted by Crippen LogP contribution is -2.31. The molecule has 1 aliphatic heterocycles. The molecule has 17 heavy (non-hydrogen) atoms. The molecule has 0 bridgehead atoms. The third kappa shape index (κ3) is 2.43. The van der Waals surface area contributed by atoms with Gasteiger partial charge in [0.05, 0.1) is 0 Å². The van der Waals surface area contributed by atoms with Crippen LogP contribution in [0.2, 0.25) is 0 Å². The van der Waals surface area contributed by atoms with E-state index in [1.54, 1.807) is 0 Å². The molecule has 1 atom stereocenters. The molecule has 2 rings (SSSR count). The van der Waals surface area contributed by atoms with Crippen molar-refractivity contribution in [2.24, 2.45) is 0 Å². The summed E-state index contributed by atoms with van der Waals surface area (Å²) in [6.07, 6.45) is 0.617. The van der Waals surface area contributed by atoms with Gasteiger partial charge in [0, 0.05) is 37.7 Å². The Morgan fingerprint density at radius 3 is 2.76 bits per heavy atom. The largest absolute Gasteiger partial charge is 0.384 e. The van der Waals surface area contributed by atoms with E-state index in [1.807, 2.05) is 30.9 Å². The lowest BCUT2D eigenvalue weighted by atomic mass is 9.97. The van der Waals surface area contributed by atoms with Crippen molar-refractivity contribution in [3.8, 4) is 0 Å². The number of rotatable bonds is 4. The SMILES string of the molecule is CCN(CC)C(=O)CC1CNc2ccccc21. The molecule has 1 N–H and O–H groups in total. The molecule has 3 heteroatoms. The van der Waals surface area contributed by atoms with Crippen molar-refractivity contribution < 1.29 is 4.79 Å². The van der Waals surface area contributed by atoms with Crippen molar-refractivity contribution >= 4 is 11.6 Å². The lowest BCUT2D eigenvalue weighted by molar-refractivity contribution is -0.131. The molecule has 0 saturated heterocycles. The number of carbonyl (C=O) groups excluding carboxylic acids is 1. The van der Waals surface area contributed by atoms with Gasteiger partial charge in [0.25, 0.3) is 0 Å². The Hall–Kier alpha value is -1.51. The predicted octanol–water partition coefficient (Wildman–Crippen LogP) is 2.45. The Morgan fingerprint density at radius 2 is 2.06 bits per heavy atom. The topological polar surface area (TPSA) is 32.3 Å². The maximum atomic E-state index is 12.1. The summed E-state index contributed by atoms with van der Waals surface area (Å²) in [5.74, 6) is 0.595. The lowest BCUT2D eigenvalue weighted by Gasteiger charge is -2.20. The Morgan fingerprint density at radius 1 is 1.35 bits per heavy atom. The molecule has 1 aromatic carbocycles. The maximum Gasteiger partial charge on any atom is 0.223 e. The molecule has 92 valence electrons. The van der Waals surface area contributed by atoms with Gasteiger partial charge in [-0.25, -0.2) is 0 Å². The molecule has 0 radical (unpaired) electrons. The standard InChI is InChI=1S/C14H20N2O/c1-3-16(4-2)14(17)9-11-10-15-13-8-6-5-7-12(11)13/h5-8,11,15H,3-4,9-10H2,1-2H3. The van der Waals surface area contributed by atoms with Crippen LogP contribution >= 0.6 is 0 Å². The van der Waals surface area contributed by atoms with Crippen molar-refractivity contribution in [1.82, 2.24) is 4.90 Å². The molecule has 1 amide bonds. The van der Waals surface area contributed by atoms with Crippen LogP contribution in [0.1, 0.15) is 31.7 Å². The summed E-state index contributed by atoms with van der Waals surface area (Å²) in [4.78, 5) is 14.0. The van der Waals surface area contributed by atoms with Crippen LogP contribution in [-0.2, 0) is 4.79 Å². The summed E-state index contributed by atoms with van der Waals surface area (Å²) in [6, 6.07) is 8.27. The van der Waals surface area contributed by atoms with E-state index in [2.05, 4.69) is 17.4 Å². The first-order valence-corrected chi connectivity index (χ1v) is 6.36. The first-order valence-electron chi connectivity index (χ1n) is 6.36. The van der Waals surface area contributed by atoms with Crippen LogP contribution in [0, 0.1) is 0 Å². The number of nitrogens with zero attached hydrogens (tertiary/aromatic N) is 1. The van der Waals surface area contributed by atoms with Gasteiger partial charge in [-0.15, -0.1) is 0 Å². The van der Waals surface area contributed by atoms with Gasteiger partial charge in [0.15, 0.2) is 0 Å². The second-order valence-electron chi connectivity index (χ2n) is 4.44. The van der Waals surface area contributed by atoms with Crippen molar-refractivity contribution in [2.75, 3.05) is 25.0 Å². The van der Waals surface area contributed by atoms with Gasteiger partial charge in [-0.1, -0.05) is 18.2 Å². The highest BCUT2D eigenvalue weighted by Crippen LogP contribution is 2.33. The van der Waals surface area contributed by atoms with Crippen molar-refractivity contribution in [1.29, 1.82) is 0 Å². The molecule has 1 heterocycles. The van der Waals surface area contributed by atoms with Gasteiger partial charge in [0.2, 0.25) is 5.91 Å². The number of para-hydroxylation sites is 1. The number of hydrogen-bond donors (Lipinski definition) is 1. The van der Waals surface area contributed by atoms with Gasteiger partial charge >= 0.3 is 0 Å². The molecule has 0 fully saturated rings. The van der Waals surface area contributed by atoms with Gasteiger partial charge in [-0.2, -0.15) is 0 Å². The van der Waals surface area contributed by atoms with Gasteiger partial charge in [-0.05, 0) is 25.5 Å². The zero-order valence-electron chi connectivity index (χ0n) is 10.6. The molecule has 3 nitrogen and oxygen atoms in total. The molecular weight excluding hydrogens is 212 g/mol. The third-order valence-electron chi connectivity index (χ3n) is 3.48. The van der Waals surface area contributed by atoms with Crippen molar-refractivity contribution in [2.45, 2.75) is 26.2 Å². The summed E-state index contributed by atoms with van der Waals surface area (Å²) < 4.78 is 0. The van der Waals surface area contributed by atoms with Gasteiger partial charge in [-0.3, -0.25) is 4.79 Å². The number of carbonyl (C=O) groups is 1. The molecule has 1 unspecified atom stereocenters. The fourth-order valence-electron chi connectivity index (χ4n) is 2.46.